The van der Waals surface area contributed by atoms with Crippen molar-refractivity contribution in [2.75, 3.05) is 13.0 Å². The van der Waals surface area contributed by atoms with Gasteiger partial charge in [-0.05, 0) is 43.5 Å². The second-order valence-electron chi connectivity index (χ2n) is 7.21. The quantitative estimate of drug-likeness (QED) is 0.227. The van der Waals surface area contributed by atoms with Gasteiger partial charge in [0.15, 0.2) is 0 Å². The van der Waals surface area contributed by atoms with Crippen LogP contribution in [0, 0.1) is 0 Å². The minimum atomic E-state index is -4.85. The minimum absolute atomic E-state index is 0.177. The summed E-state index contributed by atoms with van der Waals surface area (Å²) in [6.45, 7) is 5.12. The van der Waals surface area contributed by atoms with Gasteiger partial charge in [-0.3, -0.25) is 9.79 Å². The van der Waals surface area contributed by atoms with Gasteiger partial charge in [0, 0.05) is 28.1 Å². The van der Waals surface area contributed by atoms with Gasteiger partial charge in [0.25, 0.3) is 5.91 Å². The molecule has 7 nitrogen and oxygen atoms in total. The molecule has 1 atom stereocenters. The highest BCUT2D eigenvalue weighted by Gasteiger charge is 2.32. The number of para-hydroxylation sites is 1. The number of nitrogens with two attached hydrogens (primary N) is 1. The zero-order chi connectivity index (χ0) is 25.6. The molecule has 184 valence electrons. The van der Waals surface area contributed by atoms with E-state index in [1.165, 1.54) is 43.3 Å². The van der Waals surface area contributed by atoms with Gasteiger partial charge in [-0.2, -0.15) is 0 Å². The molecule has 1 unspecified atom stereocenters. The number of thioether (sulfide) groups is 1. The van der Waals surface area contributed by atoms with E-state index < -0.39 is 18.3 Å². The number of nitrogens with zero attached hydrogens (tertiary/aromatic N) is 2. The van der Waals surface area contributed by atoms with Crippen molar-refractivity contribution in [2.45, 2.75) is 24.2 Å². The van der Waals surface area contributed by atoms with Gasteiger partial charge in [0.05, 0.1) is 24.4 Å². The molecule has 0 radical (unpaired) electrons. The molecule has 3 N–H and O–H groups in total. The summed E-state index contributed by atoms with van der Waals surface area (Å²) in [4.78, 5) is 22.0. The van der Waals surface area contributed by atoms with Gasteiger partial charge in [0.2, 0.25) is 5.88 Å². The molecule has 3 rings (SSSR count). The number of methoxy groups -OCH3 is 1. The molecule has 0 bridgehead atoms. The van der Waals surface area contributed by atoms with Crippen molar-refractivity contribution in [3.05, 3.63) is 65.9 Å². The highest BCUT2D eigenvalue weighted by Crippen LogP contribution is 2.36. The van der Waals surface area contributed by atoms with Crippen LogP contribution in [-0.2, 0) is 0 Å². The highest BCUT2D eigenvalue weighted by atomic mass is 32.2. The third kappa shape index (κ3) is 6.52. The summed E-state index contributed by atoms with van der Waals surface area (Å²) in [5.74, 6) is -0.290. The average molecular weight is 505 g/mol. The van der Waals surface area contributed by atoms with Crippen LogP contribution >= 0.6 is 11.8 Å². The van der Waals surface area contributed by atoms with Crippen molar-refractivity contribution in [1.82, 2.24) is 10.3 Å². The molecule has 2 aromatic carbocycles. The number of amides is 1. The summed E-state index contributed by atoms with van der Waals surface area (Å²) >= 11 is 1.38. The Hall–Kier alpha value is -3.57. The number of halogens is 3. The molecule has 11 heteroatoms. The third-order valence-electron chi connectivity index (χ3n) is 4.95. The summed E-state index contributed by atoms with van der Waals surface area (Å²) in [5, 5.41) is 2.69. The Kier molecular flexibility index (Phi) is 8.36. The number of carbonyl (C=O) groups excluding carboxylic acids is 1. The van der Waals surface area contributed by atoms with Crippen LogP contribution in [0.3, 0.4) is 0 Å². The average Bonchev–Trinajstić information content (AvgIpc) is 2.83. The number of carbonyl (C=O) groups is 1. The lowest BCUT2D eigenvalue weighted by Gasteiger charge is -2.19. The topological polar surface area (TPSA) is 98.8 Å². The molecular formula is C24H23F3N4O3S. The van der Waals surface area contributed by atoms with Crippen LogP contribution in [0.25, 0.3) is 11.1 Å². The molecule has 0 aliphatic carbocycles. The van der Waals surface area contributed by atoms with Gasteiger partial charge < -0.3 is 20.5 Å². The molecule has 1 aromatic heterocycles. The van der Waals surface area contributed by atoms with Crippen molar-refractivity contribution < 1.29 is 27.4 Å². The number of hydrogen-bond acceptors (Lipinski definition) is 7. The van der Waals surface area contributed by atoms with E-state index in [0.717, 1.165) is 4.90 Å². The smallest absolute Gasteiger partial charge is 0.481 e. The number of ether oxygens (including phenoxy) is 2. The van der Waals surface area contributed by atoms with Crippen LogP contribution in [0.4, 0.5) is 18.9 Å². The van der Waals surface area contributed by atoms with Gasteiger partial charge >= 0.3 is 6.36 Å². The number of alkyl halides is 3. The van der Waals surface area contributed by atoms with Gasteiger partial charge in [-0.25, -0.2) is 4.98 Å². The molecule has 0 spiro atoms. The Morgan fingerprint density at radius 2 is 2.00 bits per heavy atom. The number of hydrogen-bond donors (Lipinski definition) is 2. The lowest BCUT2D eigenvalue weighted by Crippen LogP contribution is -2.28. The van der Waals surface area contributed by atoms with Gasteiger partial charge in [-0.1, -0.05) is 24.3 Å². The van der Waals surface area contributed by atoms with E-state index in [0.29, 0.717) is 28.6 Å². The van der Waals surface area contributed by atoms with Gasteiger partial charge in [0.1, 0.15) is 5.75 Å². The predicted molar refractivity (Wildman–Crippen MR) is 129 cm³/mol. The maximum Gasteiger partial charge on any atom is 0.573 e. The van der Waals surface area contributed by atoms with Crippen LogP contribution in [0.15, 0.2) is 64.6 Å². The lowest BCUT2D eigenvalue weighted by molar-refractivity contribution is -0.275. The Morgan fingerprint density at radius 1 is 1.26 bits per heavy atom. The summed E-state index contributed by atoms with van der Waals surface area (Å²) < 4.78 is 47.8. The van der Waals surface area contributed by atoms with E-state index >= 15 is 0 Å². The van der Waals surface area contributed by atoms with Crippen LogP contribution in [0.2, 0.25) is 0 Å². The Bertz CT molecular complexity index is 1220. The Morgan fingerprint density at radius 3 is 2.66 bits per heavy atom. The molecule has 0 saturated carbocycles. The van der Waals surface area contributed by atoms with E-state index in [1.807, 2.05) is 6.07 Å². The number of aliphatic imine (C=N–C) groups is 1. The van der Waals surface area contributed by atoms with Crippen LogP contribution < -0.4 is 20.5 Å². The monoisotopic (exact) mass is 504 g/mol. The molecule has 0 aliphatic rings. The molecule has 0 aliphatic heterocycles. The van der Waals surface area contributed by atoms with E-state index in [2.05, 4.69) is 26.7 Å². The fourth-order valence-electron chi connectivity index (χ4n) is 3.38. The molecule has 0 saturated heterocycles. The summed E-state index contributed by atoms with van der Waals surface area (Å²) in [7, 11) is 1.46. The molecule has 1 amide bonds. The Balaban J connectivity index is 1.91. The maximum absolute atomic E-state index is 13.0. The standard InChI is InChI=1S/C24H23F3N4O3S/c1-14(17-6-4-5-7-20(17)34-24(25,26)27)31-22(32)16-10-18(23(33-3)30-12-16)15-8-9-19(29-2)21(11-15)35-13-28/h4-12,14H,2,13,28H2,1,3H3,(H,31,32). The first-order valence-electron chi connectivity index (χ1n) is 10.3. The van der Waals surface area contributed by atoms with Crippen molar-refractivity contribution in [3.8, 4) is 22.8 Å². The van der Waals surface area contributed by atoms with Crippen molar-refractivity contribution >= 4 is 30.1 Å². The largest absolute Gasteiger partial charge is 0.573 e. The van der Waals surface area contributed by atoms with Crippen molar-refractivity contribution in [3.63, 3.8) is 0 Å². The first kappa shape index (κ1) is 26.0. The zero-order valence-corrected chi connectivity index (χ0v) is 19.7. The Labute approximate surface area is 204 Å². The normalized spacial score (nSPS) is 12.1. The van der Waals surface area contributed by atoms with E-state index in [-0.39, 0.29) is 16.9 Å². The first-order valence-corrected chi connectivity index (χ1v) is 11.3. The third-order valence-corrected chi connectivity index (χ3v) is 5.75. The zero-order valence-electron chi connectivity index (χ0n) is 18.9. The number of benzene rings is 2. The SMILES string of the molecule is C=Nc1ccc(-c2cc(C(=O)NC(C)c3ccccc3OC(F)(F)F)cnc2OC)cc1SCN. The summed E-state index contributed by atoms with van der Waals surface area (Å²) in [6.07, 6.45) is -3.52. The molecular weight excluding hydrogens is 481 g/mol. The highest BCUT2D eigenvalue weighted by molar-refractivity contribution is 7.99. The van der Waals surface area contributed by atoms with Crippen molar-refractivity contribution in [1.29, 1.82) is 0 Å². The van der Waals surface area contributed by atoms with E-state index in [9.17, 15) is 18.0 Å². The van der Waals surface area contributed by atoms with E-state index in [1.54, 1.807) is 31.2 Å². The molecule has 1 heterocycles. The maximum atomic E-state index is 13.0. The number of nitrogens with one attached hydrogen (secondary N) is 1. The first-order chi connectivity index (χ1) is 16.7. The van der Waals surface area contributed by atoms with E-state index in [4.69, 9.17) is 10.5 Å². The summed E-state index contributed by atoms with van der Waals surface area (Å²) in [5.41, 5.74) is 7.97. The molecule has 35 heavy (non-hydrogen) atoms. The predicted octanol–water partition coefficient (Wildman–Crippen LogP) is 5.49. The molecule has 0 fully saturated rings. The van der Waals surface area contributed by atoms with Crippen molar-refractivity contribution in [2.24, 2.45) is 10.7 Å². The lowest BCUT2D eigenvalue weighted by atomic mass is 10.0. The summed E-state index contributed by atoms with van der Waals surface area (Å²) in [6, 6.07) is 11.8. The number of aromatic nitrogens is 1. The number of pyridine rings is 1. The van der Waals surface area contributed by atoms with Crippen LogP contribution in [-0.4, -0.2) is 37.0 Å². The van der Waals surface area contributed by atoms with Crippen LogP contribution in [0.1, 0.15) is 28.9 Å². The fraction of sp³-hybridized carbons (Fsp3) is 0.208. The minimum Gasteiger partial charge on any atom is -0.481 e. The second kappa shape index (κ2) is 11.2. The van der Waals surface area contributed by atoms with Crippen LogP contribution in [0.5, 0.6) is 11.6 Å². The fourth-order valence-corrected chi connectivity index (χ4v) is 4.05. The number of rotatable bonds is 9. The van der Waals surface area contributed by atoms with Gasteiger partial charge in [-0.15, -0.1) is 24.9 Å². The second-order valence-corrected chi connectivity index (χ2v) is 8.28. The molecule has 3 aromatic rings.